The minimum absolute atomic E-state index is 0.584. The minimum atomic E-state index is 0.584. The fourth-order valence-electron chi connectivity index (χ4n) is 7.48. The van der Waals surface area contributed by atoms with E-state index in [1.807, 2.05) is 12.1 Å². The smallest absolute Gasteiger partial charge is 0.238 e. The number of para-hydroxylation sites is 3. The lowest BCUT2D eigenvalue weighted by Crippen LogP contribution is -2.06. The molecule has 0 saturated heterocycles. The van der Waals surface area contributed by atoms with Crippen LogP contribution in [0, 0.1) is 0 Å². The zero-order chi connectivity index (χ0) is 34.9. The number of thiazole rings is 1. The molecule has 7 heteroatoms. The lowest BCUT2D eigenvalue weighted by molar-refractivity contribution is 0.954. The SMILES string of the molecule is c1ccc(-c2ccc(-c3nc(-c4cccc5sc6c(-c7nc8ccccc8s7)cccc6c45)nc(-n4c5ccccc5c5ccccc54)n3)cc2)cc1. The first-order chi connectivity index (χ1) is 26.3. The molecule has 0 fully saturated rings. The maximum absolute atomic E-state index is 5.32. The lowest BCUT2D eigenvalue weighted by Gasteiger charge is -2.12. The fourth-order valence-corrected chi connectivity index (χ4v) is 9.79. The second kappa shape index (κ2) is 12.0. The van der Waals surface area contributed by atoms with Gasteiger partial charge in [-0.05, 0) is 41.5 Å². The summed E-state index contributed by atoms with van der Waals surface area (Å²) in [5, 5.41) is 5.66. The molecule has 4 heterocycles. The second-order valence-electron chi connectivity index (χ2n) is 13.0. The zero-order valence-corrected chi connectivity index (χ0v) is 29.8. The summed E-state index contributed by atoms with van der Waals surface area (Å²) in [6.45, 7) is 0. The monoisotopic (exact) mass is 713 g/mol. The summed E-state index contributed by atoms with van der Waals surface area (Å²) in [5.41, 5.74) is 8.49. The van der Waals surface area contributed by atoms with Crippen LogP contribution in [0.1, 0.15) is 0 Å². The number of fused-ring (bicyclic) bond motifs is 7. The Labute approximate surface area is 312 Å². The van der Waals surface area contributed by atoms with E-state index in [9.17, 15) is 0 Å². The van der Waals surface area contributed by atoms with Gasteiger partial charge in [-0.1, -0.05) is 133 Å². The lowest BCUT2D eigenvalue weighted by atomic mass is 10.0. The topological polar surface area (TPSA) is 56.5 Å². The van der Waals surface area contributed by atoms with Gasteiger partial charge in [0, 0.05) is 47.6 Å². The van der Waals surface area contributed by atoms with Crippen LogP contribution in [0.25, 0.3) is 103 Å². The largest absolute Gasteiger partial charge is 0.278 e. The van der Waals surface area contributed by atoms with Crippen LogP contribution in [0.15, 0.2) is 164 Å². The van der Waals surface area contributed by atoms with Gasteiger partial charge < -0.3 is 0 Å². The maximum atomic E-state index is 5.32. The van der Waals surface area contributed by atoms with E-state index in [-0.39, 0.29) is 0 Å². The van der Waals surface area contributed by atoms with E-state index in [0.717, 1.165) is 60.0 Å². The van der Waals surface area contributed by atoms with Crippen molar-refractivity contribution in [3.05, 3.63) is 164 Å². The van der Waals surface area contributed by atoms with E-state index in [2.05, 4.69) is 156 Å². The van der Waals surface area contributed by atoms with Gasteiger partial charge in [0.15, 0.2) is 11.6 Å². The van der Waals surface area contributed by atoms with Crippen LogP contribution in [0.4, 0.5) is 0 Å². The Morgan fingerprint density at radius 2 is 1.00 bits per heavy atom. The van der Waals surface area contributed by atoms with E-state index >= 15 is 0 Å². The molecule has 0 atom stereocenters. The molecule has 0 aliphatic rings. The Balaban J connectivity index is 1.15. The first-order valence-electron chi connectivity index (χ1n) is 17.5. The highest BCUT2D eigenvalue weighted by atomic mass is 32.1. The van der Waals surface area contributed by atoms with Crippen molar-refractivity contribution in [1.29, 1.82) is 0 Å². The highest BCUT2D eigenvalue weighted by Crippen LogP contribution is 2.45. The molecule has 11 aromatic rings. The van der Waals surface area contributed by atoms with Gasteiger partial charge in [-0.15, -0.1) is 22.7 Å². The summed E-state index contributed by atoms with van der Waals surface area (Å²) < 4.78 is 5.75. The van der Waals surface area contributed by atoms with Gasteiger partial charge in [-0.2, -0.15) is 9.97 Å². The third-order valence-corrected chi connectivity index (χ3v) is 12.2. The van der Waals surface area contributed by atoms with Gasteiger partial charge in [-0.25, -0.2) is 9.97 Å². The molecule has 248 valence electrons. The van der Waals surface area contributed by atoms with Gasteiger partial charge in [0.1, 0.15) is 5.01 Å². The summed E-state index contributed by atoms with van der Waals surface area (Å²) in [4.78, 5) is 20.8. The summed E-state index contributed by atoms with van der Waals surface area (Å²) in [5.74, 6) is 1.84. The molecule has 11 rings (SSSR count). The molecule has 0 N–H and O–H groups in total. The van der Waals surface area contributed by atoms with Gasteiger partial charge in [0.2, 0.25) is 5.95 Å². The molecule has 0 aliphatic carbocycles. The van der Waals surface area contributed by atoms with Crippen LogP contribution in [-0.4, -0.2) is 24.5 Å². The van der Waals surface area contributed by atoms with Crippen LogP contribution in [-0.2, 0) is 0 Å². The molecule has 53 heavy (non-hydrogen) atoms. The van der Waals surface area contributed by atoms with Crippen molar-refractivity contribution in [1.82, 2.24) is 24.5 Å². The number of aromatic nitrogens is 5. The molecule has 0 aliphatic heterocycles. The number of hydrogen-bond donors (Lipinski definition) is 0. The van der Waals surface area contributed by atoms with Crippen molar-refractivity contribution in [3.63, 3.8) is 0 Å². The normalized spacial score (nSPS) is 11.8. The van der Waals surface area contributed by atoms with Gasteiger partial charge in [0.25, 0.3) is 0 Å². The standard InChI is InChI=1S/C46H27N5S2/c1-2-12-28(13-3-1)29-24-26-30(27-25-29)43-48-44(50-46(49-43)51-37-20-7-4-14-31(37)32-15-5-8-21-38(32)51)34-17-11-23-40-41(34)33-16-10-18-35(42(33)52-40)45-47-36-19-6-9-22-39(36)53-45/h1-27H. The third-order valence-electron chi connectivity index (χ3n) is 9.94. The Bertz CT molecular complexity index is 3090. The van der Waals surface area contributed by atoms with Crippen LogP contribution < -0.4 is 0 Å². The highest BCUT2D eigenvalue weighted by molar-refractivity contribution is 7.27. The van der Waals surface area contributed by atoms with Gasteiger partial charge in [0.05, 0.1) is 21.3 Å². The van der Waals surface area contributed by atoms with E-state index in [4.69, 9.17) is 19.9 Å². The molecule has 4 aromatic heterocycles. The Hall–Kier alpha value is -6.54. The Morgan fingerprint density at radius 3 is 1.79 bits per heavy atom. The van der Waals surface area contributed by atoms with E-state index in [0.29, 0.717) is 17.6 Å². The number of rotatable bonds is 5. The van der Waals surface area contributed by atoms with Crippen molar-refractivity contribution >= 4 is 74.9 Å². The molecular formula is C46H27N5S2. The van der Waals surface area contributed by atoms with Crippen molar-refractivity contribution in [2.24, 2.45) is 0 Å². The Morgan fingerprint density at radius 1 is 0.396 bits per heavy atom. The predicted molar refractivity (Wildman–Crippen MR) is 222 cm³/mol. The quantitative estimate of drug-likeness (QED) is 0.178. The molecule has 7 aromatic carbocycles. The predicted octanol–water partition coefficient (Wildman–Crippen LogP) is 12.6. The van der Waals surface area contributed by atoms with Crippen LogP contribution in [0.5, 0.6) is 0 Å². The van der Waals surface area contributed by atoms with Gasteiger partial charge >= 0.3 is 0 Å². The zero-order valence-electron chi connectivity index (χ0n) is 28.1. The van der Waals surface area contributed by atoms with Crippen molar-refractivity contribution in [3.8, 4) is 50.4 Å². The van der Waals surface area contributed by atoms with E-state index in [1.54, 1.807) is 22.7 Å². The fraction of sp³-hybridized carbons (Fsp3) is 0. The maximum Gasteiger partial charge on any atom is 0.238 e. The molecule has 0 radical (unpaired) electrons. The van der Waals surface area contributed by atoms with Crippen LogP contribution >= 0.6 is 22.7 Å². The molecular weight excluding hydrogens is 687 g/mol. The average Bonchev–Trinajstić information content (AvgIpc) is 3.93. The van der Waals surface area contributed by atoms with Gasteiger partial charge in [-0.3, -0.25) is 4.57 Å². The molecule has 0 spiro atoms. The van der Waals surface area contributed by atoms with Crippen LogP contribution in [0.2, 0.25) is 0 Å². The first-order valence-corrected chi connectivity index (χ1v) is 19.1. The van der Waals surface area contributed by atoms with Crippen molar-refractivity contribution in [2.75, 3.05) is 0 Å². The summed E-state index contributed by atoms with van der Waals surface area (Å²) >= 11 is 3.53. The molecule has 0 bridgehead atoms. The average molecular weight is 714 g/mol. The Kier molecular flexibility index (Phi) is 6.83. The molecule has 5 nitrogen and oxygen atoms in total. The first kappa shape index (κ1) is 30.1. The second-order valence-corrected chi connectivity index (χ2v) is 15.1. The molecule has 0 amide bonds. The minimum Gasteiger partial charge on any atom is -0.278 e. The van der Waals surface area contributed by atoms with Crippen molar-refractivity contribution in [2.45, 2.75) is 0 Å². The number of benzene rings is 7. The number of thiophene rings is 1. The summed E-state index contributed by atoms with van der Waals surface area (Å²) in [7, 11) is 0. The summed E-state index contributed by atoms with van der Waals surface area (Å²) in [6, 6.07) is 57.2. The van der Waals surface area contributed by atoms with E-state index in [1.165, 1.54) is 25.0 Å². The van der Waals surface area contributed by atoms with Crippen LogP contribution in [0.3, 0.4) is 0 Å². The third kappa shape index (κ3) is 4.89. The molecule has 0 unspecified atom stereocenters. The van der Waals surface area contributed by atoms with E-state index < -0.39 is 0 Å². The van der Waals surface area contributed by atoms with Crippen molar-refractivity contribution < 1.29 is 0 Å². The molecule has 0 saturated carbocycles. The number of hydrogen-bond acceptors (Lipinski definition) is 6. The highest BCUT2D eigenvalue weighted by Gasteiger charge is 2.21. The number of nitrogens with zero attached hydrogens (tertiary/aromatic N) is 5. The summed E-state index contributed by atoms with van der Waals surface area (Å²) in [6.07, 6.45) is 0.